The first-order valence-electron chi connectivity index (χ1n) is 9.00. The van der Waals surface area contributed by atoms with Gasteiger partial charge in [-0.15, -0.1) is 11.3 Å². The summed E-state index contributed by atoms with van der Waals surface area (Å²) in [5, 5.41) is 8.97. The Balaban J connectivity index is 1.57. The molecule has 1 aliphatic rings. The highest BCUT2D eigenvalue weighted by atomic mass is 32.1. The maximum absolute atomic E-state index is 13.4. The fraction of sp³-hybridized carbons (Fsp3) is 0.450. The molecule has 1 atom stereocenters. The third-order valence-electron chi connectivity index (χ3n) is 4.95. The number of carbonyl (C=O) groups is 1. The van der Waals surface area contributed by atoms with Gasteiger partial charge in [0.1, 0.15) is 5.82 Å². The van der Waals surface area contributed by atoms with Crippen LogP contribution in [-0.4, -0.2) is 53.6 Å². The summed E-state index contributed by atoms with van der Waals surface area (Å²) in [5.41, 5.74) is 0.924. The van der Waals surface area contributed by atoms with Crippen LogP contribution in [0.5, 0.6) is 0 Å². The second-order valence-electron chi connectivity index (χ2n) is 6.95. The van der Waals surface area contributed by atoms with Gasteiger partial charge in [0.2, 0.25) is 0 Å². The number of hydrogen-bond acceptors (Lipinski definition) is 4. The normalized spacial score (nSPS) is 18.8. The van der Waals surface area contributed by atoms with Crippen molar-refractivity contribution in [3.63, 3.8) is 0 Å². The molecule has 26 heavy (non-hydrogen) atoms. The van der Waals surface area contributed by atoms with E-state index in [4.69, 9.17) is 5.11 Å². The first-order chi connectivity index (χ1) is 12.5. The standard InChI is InChI=1S/C20H25FN2O2S/c1-22(14-20(24)25)17-6-3-10-23(11-9-17)13-18-7-8-19(26-18)15-4-2-5-16(21)12-15/h2,4-5,7-8,12,17H,3,6,9-11,13-14H2,1H3,(H,24,25). The Morgan fingerprint density at radius 3 is 2.92 bits per heavy atom. The summed E-state index contributed by atoms with van der Waals surface area (Å²) in [4.78, 5) is 17.7. The van der Waals surface area contributed by atoms with Crippen molar-refractivity contribution in [2.75, 3.05) is 26.7 Å². The van der Waals surface area contributed by atoms with Crippen LogP contribution in [0, 0.1) is 5.82 Å². The largest absolute Gasteiger partial charge is 0.480 e. The van der Waals surface area contributed by atoms with Crippen molar-refractivity contribution in [1.29, 1.82) is 0 Å². The molecule has 6 heteroatoms. The van der Waals surface area contributed by atoms with Gasteiger partial charge in [-0.1, -0.05) is 12.1 Å². The third-order valence-corrected chi connectivity index (χ3v) is 6.07. The molecule has 2 heterocycles. The lowest BCUT2D eigenvalue weighted by molar-refractivity contribution is -0.138. The molecule has 1 saturated heterocycles. The molecular weight excluding hydrogens is 351 g/mol. The summed E-state index contributed by atoms with van der Waals surface area (Å²) in [5.74, 6) is -0.974. The van der Waals surface area contributed by atoms with Gasteiger partial charge in [-0.3, -0.25) is 14.6 Å². The molecular formula is C20H25FN2O2S. The Hall–Kier alpha value is -1.76. The molecule has 0 bridgehead atoms. The molecule has 2 aromatic rings. The Morgan fingerprint density at radius 1 is 1.31 bits per heavy atom. The number of likely N-dealkylation sites (tertiary alicyclic amines) is 1. The number of carboxylic acids is 1. The van der Waals surface area contributed by atoms with Crippen LogP contribution >= 0.6 is 11.3 Å². The van der Waals surface area contributed by atoms with E-state index in [1.54, 1.807) is 23.5 Å². The summed E-state index contributed by atoms with van der Waals surface area (Å²) in [6.45, 7) is 3.01. The van der Waals surface area contributed by atoms with Crippen LogP contribution < -0.4 is 0 Å². The number of thiophene rings is 1. The summed E-state index contributed by atoms with van der Waals surface area (Å²) in [6.07, 6.45) is 3.11. The van der Waals surface area contributed by atoms with Gasteiger partial charge in [-0.25, -0.2) is 4.39 Å². The molecule has 1 aromatic heterocycles. The summed E-state index contributed by atoms with van der Waals surface area (Å²) >= 11 is 1.71. The van der Waals surface area contributed by atoms with Crippen molar-refractivity contribution in [3.8, 4) is 10.4 Å². The monoisotopic (exact) mass is 376 g/mol. The molecule has 1 N–H and O–H groups in total. The minimum atomic E-state index is -0.767. The van der Waals surface area contributed by atoms with Crippen LogP contribution in [0.2, 0.25) is 0 Å². The van der Waals surface area contributed by atoms with E-state index in [2.05, 4.69) is 17.0 Å². The molecule has 1 aromatic carbocycles. The molecule has 0 aliphatic carbocycles. The van der Waals surface area contributed by atoms with Crippen molar-refractivity contribution < 1.29 is 14.3 Å². The Morgan fingerprint density at radius 2 is 2.15 bits per heavy atom. The van der Waals surface area contributed by atoms with Crippen molar-refractivity contribution in [1.82, 2.24) is 9.80 Å². The van der Waals surface area contributed by atoms with E-state index in [1.165, 1.54) is 10.9 Å². The van der Waals surface area contributed by atoms with Gasteiger partial charge in [-0.05, 0) is 62.7 Å². The van der Waals surface area contributed by atoms with E-state index in [0.717, 1.165) is 49.3 Å². The molecule has 3 rings (SSSR count). The fourth-order valence-corrected chi connectivity index (χ4v) is 4.61. The molecule has 0 spiro atoms. The van der Waals surface area contributed by atoms with Gasteiger partial charge in [0.05, 0.1) is 6.54 Å². The lowest BCUT2D eigenvalue weighted by Crippen LogP contribution is -2.36. The van der Waals surface area contributed by atoms with Crippen LogP contribution in [0.15, 0.2) is 36.4 Å². The number of carboxylic acid groups (broad SMARTS) is 1. The topological polar surface area (TPSA) is 43.8 Å². The van der Waals surface area contributed by atoms with E-state index >= 15 is 0 Å². The van der Waals surface area contributed by atoms with Gasteiger partial charge >= 0.3 is 5.97 Å². The van der Waals surface area contributed by atoms with Gasteiger partial charge in [-0.2, -0.15) is 0 Å². The van der Waals surface area contributed by atoms with Crippen LogP contribution in [0.25, 0.3) is 10.4 Å². The first-order valence-corrected chi connectivity index (χ1v) is 9.82. The van der Waals surface area contributed by atoms with Crippen molar-refractivity contribution in [3.05, 3.63) is 47.1 Å². The van der Waals surface area contributed by atoms with Crippen LogP contribution in [0.4, 0.5) is 4.39 Å². The smallest absolute Gasteiger partial charge is 0.317 e. The predicted octanol–water partition coefficient (Wildman–Crippen LogP) is 3.93. The zero-order valence-electron chi connectivity index (χ0n) is 15.0. The average molecular weight is 376 g/mol. The minimum Gasteiger partial charge on any atom is -0.480 e. The average Bonchev–Trinajstić information content (AvgIpc) is 2.92. The number of rotatable bonds is 6. The highest BCUT2D eigenvalue weighted by Crippen LogP contribution is 2.29. The van der Waals surface area contributed by atoms with Crippen molar-refractivity contribution in [2.24, 2.45) is 0 Å². The van der Waals surface area contributed by atoms with Crippen LogP contribution in [-0.2, 0) is 11.3 Å². The van der Waals surface area contributed by atoms with Crippen molar-refractivity contribution in [2.45, 2.75) is 31.8 Å². The summed E-state index contributed by atoms with van der Waals surface area (Å²) in [7, 11) is 1.90. The molecule has 140 valence electrons. The highest BCUT2D eigenvalue weighted by Gasteiger charge is 2.22. The van der Waals surface area contributed by atoms with E-state index in [1.807, 2.05) is 18.0 Å². The second-order valence-corrected chi connectivity index (χ2v) is 8.11. The molecule has 0 saturated carbocycles. The van der Waals surface area contributed by atoms with Gasteiger partial charge < -0.3 is 5.11 Å². The second kappa shape index (κ2) is 8.75. The third kappa shape index (κ3) is 5.13. The Bertz CT molecular complexity index is 749. The first kappa shape index (κ1) is 19.0. The van der Waals surface area contributed by atoms with E-state index in [9.17, 15) is 9.18 Å². The van der Waals surface area contributed by atoms with E-state index in [-0.39, 0.29) is 12.4 Å². The lowest BCUT2D eigenvalue weighted by atomic mass is 10.1. The predicted molar refractivity (Wildman–Crippen MR) is 103 cm³/mol. The molecule has 1 fully saturated rings. The number of aliphatic carboxylic acids is 1. The maximum Gasteiger partial charge on any atom is 0.317 e. The Kier molecular flexibility index (Phi) is 6.40. The summed E-state index contributed by atoms with van der Waals surface area (Å²) in [6, 6.07) is 11.2. The number of likely N-dealkylation sites (N-methyl/N-ethyl adjacent to an activating group) is 1. The fourth-order valence-electron chi connectivity index (χ4n) is 3.56. The van der Waals surface area contributed by atoms with E-state index < -0.39 is 5.97 Å². The van der Waals surface area contributed by atoms with E-state index in [0.29, 0.717) is 6.04 Å². The van der Waals surface area contributed by atoms with Gasteiger partial charge in [0.25, 0.3) is 0 Å². The number of halogens is 1. The lowest BCUT2D eigenvalue weighted by Gasteiger charge is -2.25. The quantitative estimate of drug-likeness (QED) is 0.830. The van der Waals surface area contributed by atoms with Crippen LogP contribution in [0.1, 0.15) is 24.1 Å². The maximum atomic E-state index is 13.4. The SMILES string of the molecule is CN(CC(=O)O)C1CCCN(Cc2ccc(-c3cccc(F)c3)s2)CC1. The zero-order valence-corrected chi connectivity index (χ0v) is 15.8. The Labute approximate surface area is 157 Å². The zero-order chi connectivity index (χ0) is 18.5. The minimum absolute atomic E-state index is 0.104. The number of hydrogen-bond donors (Lipinski definition) is 1. The molecule has 1 aliphatic heterocycles. The molecule has 4 nitrogen and oxygen atoms in total. The number of nitrogens with zero attached hydrogens (tertiary/aromatic N) is 2. The number of benzene rings is 1. The van der Waals surface area contributed by atoms with Crippen LogP contribution in [0.3, 0.4) is 0 Å². The van der Waals surface area contributed by atoms with Gasteiger partial charge in [0, 0.05) is 28.9 Å². The molecule has 1 unspecified atom stereocenters. The molecule has 0 radical (unpaired) electrons. The summed E-state index contributed by atoms with van der Waals surface area (Å²) < 4.78 is 13.4. The molecule has 0 amide bonds. The highest BCUT2D eigenvalue weighted by molar-refractivity contribution is 7.15. The van der Waals surface area contributed by atoms with Gasteiger partial charge in [0.15, 0.2) is 0 Å². The van der Waals surface area contributed by atoms with Crippen molar-refractivity contribution >= 4 is 17.3 Å².